The lowest BCUT2D eigenvalue weighted by atomic mass is 10.2. The van der Waals surface area contributed by atoms with Crippen LogP contribution in [-0.2, 0) is 26.0 Å². The van der Waals surface area contributed by atoms with Crippen LogP contribution in [-0.4, -0.2) is 55.9 Å². The predicted octanol–water partition coefficient (Wildman–Crippen LogP) is 6.08. The fourth-order valence-corrected chi connectivity index (χ4v) is 5.53. The van der Waals surface area contributed by atoms with Crippen LogP contribution < -0.4 is 18.7 Å². The molecule has 242 valence electrons. The van der Waals surface area contributed by atoms with Crippen LogP contribution in [0.4, 0.5) is 26.8 Å². The maximum atomic E-state index is 14.0. The van der Waals surface area contributed by atoms with E-state index in [1.165, 1.54) is 62.9 Å². The van der Waals surface area contributed by atoms with Crippen molar-refractivity contribution in [3.63, 3.8) is 0 Å². The number of carbonyl (C=O) groups is 2. The topological polar surface area (TPSA) is 168 Å². The van der Waals surface area contributed by atoms with Crippen molar-refractivity contribution in [1.82, 2.24) is 4.98 Å². The summed E-state index contributed by atoms with van der Waals surface area (Å²) < 4.78 is 50.4. The molecule has 2 aromatic carbocycles. The summed E-state index contributed by atoms with van der Waals surface area (Å²) in [5.74, 6) is 0.415. The van der Waals surface area contributed by atoms with Crippen LogP contribution in [0, 0.1) is 10.1 Å². The van der Waals surface area contributed by atoms with Gasteiger partial charge in [0.1, 0.15) is 17.0 Å². The Morgan fingerprint density at radius 1 is 0.867 bits per heavy atom. The highest BCUT2D eigenvalue weighted by Gasteiger charge is 2.35. The summed E-state index contributed by atoms with van der Waals surface area (Å²) in [4.78, 5) is 41.4. The monoisotopic (exact) mass is 644 g/mol. The van der Waals surface area contributed by atoms with Crippen LogP contribution in [0.15, 0.2) is 65.7 Å². The number of methoxy groups -OCH3 is 2. The van der Waals surface area contributed by atoms with Gasteiger partial charge in [0.2, 0.25) is 0 Å². The number of nitro groups is 1. The number of sulfonamides is 1. The number of amides is 2. The molecule has 0 spiro atoms. The second-order valence-electron chi connectivity index (χ2n) is 11.6. The molecule has 0 unspecified atom stereocenters. The molecule has 1 heterocycles. The van der Waals surface area contributed by atoms with Gasteiger partial charge in [0.15, 0.2) is 16.4 Å². The Hall–Kier alpha value is -4.92. The third kappa shape index (κ3) is 8.59. The number of nitrogens with zero attached hydrogens (tertiary/aromatic N) is 4. The molecule has 0 saturated heterocycles. The molecule has 0 N–H and O–H groups in total. The molecule has 14 nitrogen and oxygen atoms in total. The van der Waals surface area contributed by atoms with Crippen LogP contribution in [0.1, 0.15) is 47.1 Å². The number of para-hydroxylation sites is 1. The molecule has 0 aliphatic heterocycles. The van der Waals surface area contributed by atoms with Crippen molar-refractivity contribution in [2.75, 3.05) is 23.4 Å². The molecule has 0 radical (unpaired) electrons. The number of anilines is 2. The minimum Gasteiger partial charge on any atom is -0.493 e. The zero-order chi connectivity index (χ0) is 33.7. The highest BCUT2D eigenvalue weighted by atomic mass is 32.2. The first-order chi connectivity index (χ1) is 20.9. The maximum Gasteiger partial charge on any atom is 0.425 e. The minimum atomic E-state index is -4.56. The molecule has 0 saturated carbocycles. The van der Waals surface area contributed by atoms with Gasteiger partial charge < -0.3 is 18.9 Å². The van der Waals surface area contributed by atoms with E-state index in [1.54, 1.807) is 41.5 Å². The van der Waals surface area contributed by atoms with Crippen LogP contribution in [0.2, 0.25) is 0 Å². The van der Waals surface area contributed by atoms with Crippen molar-refractivity contribution in [3.05, 3.63) is 76.5 Å². The summed E-state index contributed by atoms with van der Waals surface area (Å²) in [5, 5.41) is 11.8. The average Bonchev–Trinajstić information content (AvgIpc) is 2.94. The van der Waals surface area contributed by atoms with Crippen molar-refractivity contribution >= 4 is 39.4 Å². The molecule has 0 fully saturated rings. The number of rotatable bonds is 9. The summed E-state index contributed by atoms with van der Waals surface area (Å²) in [5.41, 5.74) is -2.07. The lowest BCUT2D eigenvalue weighted by Crippen LogP contribution is -2.44. The lowest BCUT2D eigenvalue weighted by Gasteiger charge is -2.28. The standard InChI is InChI=1S/C30H36N4O10S/c1-29(2,3)43-27(35)33(28(36)44-30(4,5)6)26-16-13-20(18-31-26)19-32(21-14-15-23(41-7)24(17-21)42-8)45(39,40)25-12-10-9-11-22(25)34(37)38/h9-18H,19H2,1-8H3. The maximum absolute atomic E-state index is 14.0. The Kier molecular flexibility index (Phi) is 10.3. The van der Waals surface area contributed by atoms with Crippen LogP contribution in [0.5, 0.6) is 11.5 Å². The number of aromatic nitrogens is 1. The second kappa shape index (κ2) is 13.4. The fourth-order valence-electron chi connectivity index (χ4n) is 3.92. The molecular formula is C30H36N4O10S. The number of nitro benzene ring substituents is 1. The SMILES string of the molecule is COc1ccc(N(Cc2ccc(N(C(=O)OC(C)(C)C)C(=O)OC(C)(C)C)nc2)S(=O)(=O)c2ccccc2[N+](=O)[O-])cc1OC. The normalized spacial score (nSPS) is 11.7. The first-order valence-corrected chi connectivity index (χ1v) is 15.0. The number of ether oxygens (including phenoxy) is 4. The zero-order valence-electron chi connectivity index (χ0n) is 26.3. The number of benzene rings is 2. The van der Waals surface area contributed by atoms with Gasteiger partial charge in [0, 0.05) is 18.3 Å². The molecule has 3 aromatic rings. The summed E-state index contributed by atoms with van der Waals surface area (Å²) >= 11 is 0. The van der Waals surface area contributed by atoms with Crippen molar-refractivity contribution < 1.29 is 41.9 Å². The minimum absolute atomic E-state index is 0.110. The number of imide groups is 1. The largest absolute Gasteiger partial charge is 0.493 e. The fraction of sp³-hybridized carbons (Fsp3) is 0.367. The van der Waals surface area contributed by atoms with Gasteiger partial charge >= 0.3 is 12.2 Å². The first kappa shape index (κ1) is 34.6. The van der Waals surface area contributed by atoms with Crippen molar-refractivity contribution in [2.45, 2.75) is 64.2 Å². The number of hydrogen-bond acceptors (Lipinski definition) is 11. The van der Waals surface area contributed by atoms with Gasteiger partial charge in [-0.2, -0.15) is 4.90 Å². The van der Waals surface area contributed by atoms with Gasteiger partial charge in [-0.3, -0.25) is 14.4 Å². The summed E-state index contributed by atoms with van der Waals surface area (Å²) in [6, 6.07) is 12.1. The van der Waals surface area contributed by atoms with E-state index in [0.717, 1.165) is 16.4 Å². The smallest absolute Gasteiger partial charge is 0.425 e. The molecule has 3 rings (SSSR count). The van der Waals surface area contributed by atoms with Gasteiger partial charge in [0.25, 0.3) is 15.7 Å². The van der Waals surface area contributed by atoms with E-state index in [-0.39, 0.29) is 23.8 Å². The molecule has 1 aromatic heterocycles. The molecule has 0 aliphatic carbocycles. The van der Waals surface area contributed by atoms with E-state index in [9.17, 15) is 28.1 Å². The van der Waals surface area contributed by atoms with Crippen molar-refractivity contribution in [3.8, 4) is 11.5 Å². The highest BCUT2D eigenvalue weighted by molar-refractivity contribution is 7.93. The Labute approximate surface area is 261 Å². The molecular weight excluding hydrogens is 608 g/mol. The van der Waals surface area contributed by atoms with Crippen LogP contribution in [0.25, 0.3) is 0 Å². The number of hydrogen-bond donors (Lipinski definition) is 0. The third-order valence-electron chi connectivity index (χ3n) is 5.80. The lowest BCUT2D eigenvalue weighted by molar-refractivity contribution is -0.387. The Morgan fingerprint density at radius 2 is 1.44 bits per heavy atom. The number of carbonyl (C=O) groups excluding carboxylic acids is 2. The molecule has 45 heavy (non-hydrogen) atoms. The van der Waals surface area contributed by atoms with Crippen LogP contribution in [0.3, 0.4) is 0 Å². The van der Waals surface area contributed by atoms with Gasteiger partial charge in [-0.05, 0) is 71.4 Å². The predicted molar refractivity (Wildman–Crippen MR) is 165 cm³/mol. The van der Waals surface area contributed by atoms with E-state index >= 15 is 0 Å². The quantitative estimate of drug-likeness (QED) is 0.196. The molecule has 15 heteroatoms. The van der Waals surface area contributed by atoms with E-state index < -0.39 is 48.9 Å². The molecule has 0 bridgehead atoms. The summed E-state index contributed by atoms with van der Waals surface area (Å²) in [6.45, 7) is 9.45. The molecule has 0 aliphatic rings. The Bertz CT molecular complexity index is 1640. The Balaban J connectivity index is 2.11. The summed E-state index contributed by atoms with van der Waals surface area (Å²) in [7, 11) is -1.76. The molecule has 2 amide bonds. The van der Waals surface area contributed by atoms with Crippen molar-refractivity contribution in [2.24, 2.45) is 0 Å². The van der Waals surface area contributed by atoms with E-state index in [2.05, 4.69) is 4.98 Å². The van der Waals surface area contributed by atoms with E-state index in [0.29, 0.717) is 16.2 Å². The van der Waals surface area contributed by atoms with Crippen LogP contribution >= 0.6 is 0 Å². The van der Waals surface area contributed by atoms with Gasteiger partial charge in [0.05, 0.1) is 31.4 Å². The second-order valence-corrected chi connectivity index (χ2v) is 13.4. The first-order valence-electron chi connectivity index (χ1n) is 13.6. The average molecular weight is 645 g/mol. The third-order valence-corrected chi connectivity index (χ3v) is 7.62. The highest BCUT2D eigenvalue weighted by Crippen LogP contribution is 2.36. The van der Waals surface area contributed by atoms with Gasteiger partial charge in [-0.1, -0.05) is 18.2 Å². The van der Waals surface area contributed by atoms with Gasteiger partial charge in [-0.15, -0.1) is 0 Å². The Morgan fingerprint density at radius 3 is 1.93 bits per heavy atom. The summed E-state index contributed by atoms with van der Waals surface area (Å²) in [6.07, 6.45) is -0.787. The zero-order valence-corrected chi connectivity index (χ0v) is 27.1. The van der Waals surface area contributed by atoms with E-state index in [1.807, 2.05) is 0 Å². The van der Waals surface area contributed by atoms with E-state index in [4.69, 9.17) is 18.9 Å². The molecule has 0 atom stereocenters. The van der Waals surface area contributed by atoms with Crippen molar-refractivity contribution in [1.29, 1.82) is 0 Å². The van der Waals surface area contributed by atoms with Gasteiger partial charge in [-0.25, -0.2) is 23.0 Å². The number of pyridine rings is 1.